The smallest absolute Gasteiger partial charge is 0.251 e. The van der Waals surface area contributed by atoms with Crippen molar-refractivity contribution in [3.8, 4) is 0 Å². The molecule has 1 aromatic carbocycles. The summed E-state index contributed by atoms with van der Waals surface area (Å²) in [5.41, 5.74) is 6.23. The fraction of sp³-hybridized carbons (Fsp3) is 0.429. The fourth-order valence-electron chi connectivity index (χ4n) is 2.43. The first kappa shape index (κ1) is 13.5. The van der Waals surface area contributed by atoms with E-state index in [1.165, 1.54) is 0 Å². The number of nitrogens with two attached hydrogens (primary N) is 1. The number of carbonyl (C=O) groups is 1. The second kappa shape index (κ2) is 6.33. The number of nitrogens with one attached hydrogen (secondary N) is 3. The Morgan fingerprint density at radius 3 is 2.74 bits per heavy atom. The van der Waals surface area contributed by atoms with Gasteiger partial charge in [-0.15, -0.1) is 0 Å². The lowest BCUT2D eigenvalue weighted by Crippen LogP contribution is -2.52. The Bertz CT molecular complexity index is 440. The molecule has 1 saturated heterocycles. The average molecular weight is 260 g/mol. The molecule has 0 aliphatic carbocycles. The molecule has 0 radical (unpaired) electrons. The van der Waals surface area contributed by atoms with E-state index in [0.29, 0.717) is 5.56 Å². The van der Waals surface area contributed by atoms with E-state index in [9.17, 15) is 4.79 Å². The van der Waals surface area contributed by atoms with Gasteiger partial charge >= 0.3 is 0 Å². The van der Waals surface area contributed by atoms with Crippen LogP contribution in [0.25, 0.3) is 0 Å². The van der Waals surface area contributed by atoms with Gasteiger partial charge in [-0.1, -0.05) is 18.2 Å². The Labute approximate surface area is 113 Å². The topological polar surface area (TPSA) is 91.0 Å². The third-order valence-corrected chi connectivity index (χ3v) is 3.46. The van der Waals surface area contributed by atoms with Crippen molar-refractivity contribution >= 4 is 11.7 Å². The molecule has 1 aromatic rings. The number of amides is 1. The summed E-state index contributed by atoms with van der Waals surface area (Å²) in [6, 6.07) is 8.63. The van der Waals surface area contributed by atoms with Gasteiger partial charge in [0.25, 0.3) is 5.91 Å². The number of carbonyl (C=O) groups excluding carboxylic acids is 1. The lowest BCUT2D eigenvalue weighted by molar-refractivity contribution is 0.0933. The first-order valence-electron chi connectivity index (χ1n) is 6.59. The summed E-state index contributed by atoms with van der Waals surface area (Å²) in [5, 5.41) is 13.8. The Hall–Kier alpha value is -1.88. The normalized spacial score (nSPS) is 20.5. The molecule has 1 aliphatic heterocycles. The van der Waals surface area contributed by atoms with Gasteiger partial charge in [-0.05, 0) is 37.4 Å². The standard InChI is InChI=1S/C14H20N4O/c15-13(16)12(11-7-4-8-17-9-11)18-14(19)10-5-2-1-3-6-10/h1-3,5-6,11-12,17H,4,7-9H2,(H3,15,16)(H,18,19). The van der Waals surface area contributed by atoms with Gasteiger partial charge < -0.3 is 16.4 Å². The summed E-state index contributed by atoms with van der Waals surface area (Å²) in [6.45, 7) is 1.78. The predicted octanol–water partition coefficient (Wildman–Crippen LogP) is 0.721. The van der Waals surface area contributed by atoms with Crippen LogP contribution in [-0.4, -0.2) is 30.9 Å². The zero-order valence-electron chi connectivity index (χ0n) is 10.9. The minimum absolute atomic E-state index is 0.0259. The van der Waals surface area contributed by atoms with E-state index in [4.69, 9.17) is 11.1 Å². The average Bonchev–Trinajstić information content (AvgIpc) is 2.46. The second-order valence-corrected chi connectivity index (χ2v) is 4.88. The molecule has 0 bridgehead atoms. The summed E-state index contributed by atoms with van der Waals surface area (Å²) >= 11 is 0. The molecule has 1 fully saturated rings. The molecule has 19 heavy (non-hydrogen) atoms. The molecule has 0 aromatic heterocycles. The van der Waals surface area contributed by atoms with E-state index in [1.807, 2.05) is 18.2 Å². The molecule has 5 heteroatoms. The van der Waals surface area contributed by atoms with Gasteiger partial charge in [-0.2, -0.15) is 0 Å². The molecule has 5 N–H and O–H groups in total. The molecule has 1 aliphatic rings. The highest BCUT2D eigenvalue weighted by atomic mass is 16.1. The van der Waals surface area contributed by atoms with Crippen molar-refractivity contribution in [2.75, 3.05) is 13.1 Å². The van der Waals surface area contributed by atoms with E-state index >= 15 is 0 Å². The molecule has 2 rings (SSSR count). The number of hydrogen-bond acceptors (Lipinski definition) is 3. The predicted molar refractivity (Wildman–Crippen MR) is 75.2 cm³/mol. The van der Waals surface area contributed by atoms with Crippen LogP contribution in [0.1, 0.15) is 23.2 Å². The minimum Gasteiger partial charge on any atom is -0.386 e. The van der Waals surface area contributed by atoms with Gasteiger partial charge in [0, 0.05) is 12.1 Å². The van der Waals surface area contributed by atoms with Crippen LogP contribution in [0.2, 0.25) is 0 Å². The zero-order valence-corrected chi connectivity index (χ0v) is 10.9. The SMILES string of the molecule is N=C(N)C(NC(=O)c1ccccc1)C1CCCNC1. The van der Waals surface area contributed by atoms with Crippen LogP contribution in [0.4, 0.5) is 0 Å². The van der Waals surface area contributed by atoms with Crippen LogP contribution < -0.4 is 16.4 Å². The monoisotopic (exact) mass is 260 g/mol. The third-order valence-electron chi connectivity index (χ3n) is 3.46. The molecule has 0 saturated carbocycles. The highest BCUT2D eigenvalue weighted by molar-refractivity contribution is 5.97. The summed E-state index contributed by atoms with van der Waals surface area (Å²) in [4.78, 5) is 12.1. The lowest BCUT2D eigenvalue weighted by atomic mass is 9.90. The van der Waals surface area contributed by atoms with Crippen molar-refractivity contribution < 1.29 is 4.79 Å². The summed E-state index contributed by atoms with van der Waals surface area (Å²) < 4.78 is 0. The second-order valence-electron chi connectivity index (χ2n) is 4.88. The van der Waals surface area contributed by atoms with Crippen molar-refractivity contribution in [1.29, 1.82) is 5.41 Å². The quantitative estimate of drug-likeness (QED) is 0.475. The number of piperidine rings is 1. The van der Waals surface area contributed by atoms with Gasteiger partial charge in [0.1, 0.15) is 5.84 Å². The van der Waals surface area contributed by atoms with Crippen LogP contribution in [-0.2, 0) is 0 Å². The highest BCUT2D eigenvalue weighted by Crippen LogP contribution is 2.15. The maximum Gasteiger partial charge on any atom is 0.251 e. The zero-order chi connectivity index (χ0) is 13.7. The molecule has 102 valence electrons. The molecule has 1 heterocycles. The Morgan fingerprint density at radius 2 is 2.16 bits per heavy atom. The van der Waals surface area contributed by atoms with Crippen molar-refractivity contribution in [2.45, 2.75) is 18.9 Å². The maximum atomic E-state index is 12.1. The van der Waals surface area contributed by atoms with Crippen molar-refractivity contribution in [3.63, 3.8) is 0 Å². The largest absolute Gasteiger partial charge is 0.386 e. The van der Waals surface area contributed by atoms with Crippen LogP contribution in [0.15, 0.2) is 30.3 Å². The van der Waals surface area contributed by atoms with E-state index in [0.717, 1.165) is 25.9 Å². The molecule has 0 spiro atoms. The maximum absolute atomic E-state index is 12.1. The Morgan fingerprint density at radius 1 is 1.42 bits per heavy atom. The third kappa shape index (κ3) is 3.54. The van der Waals surface area contributed by atoms with Gasteiger partial charge in [0.05, 0.1) is 6.04 Å². The molecule has 2 atom stereocenters. The van der Waals surface area contributed by atoms with E-state index in [2.05, 4.69) is 10.6 Å². The van der Waals surface area contributed by atoms with E-state index in [1.54, 1.807) is 12.1 Å². The lowest BCUT2D eigenvalue weighted by Gasteiger charge is -2.30. The molecular formula is C14H20N4O. The highest BCUT2D eigenvalue weighted by Gasteiger charge is 2.27. The van der Waals surface area contributed by atoms with Gasteiger partial charge in [-0.3, -0.25) is 10.2 Å². The first-order chi connectivity index (χ1) is 9.18. The van der Waals surface area contributed by atoms with Crippen LogP contribution in [0.3, 0.4) is 0 Å². The summed E-state index contributed by atoms with van der Waals surface area (Å²) in [7, 11) is 0. The summed E-state index contributed by atoms with van der Waals surface area (Å²) in [6.07, 6.45) is 2.03. The summed E-state index contributed by atoms with van der Waals surface area (Å²) in [5.74, 6) is 0.0447. The number of rotatable bonds is 4. The molecular weight excluding hydrogens is 240 g/mol. The Kier molecular flexibility index (Phi) is 4.52. The van der Waals surface area contributed by atoms with Crippen molar-refractivity contribution in [3.05, 3.63) is 35.9 Å². The molecule has 1 amide bonds. The molecule has 2 unspecified atom stereocenters. The van der Waals surface area contributed by atoms with Gasteiger partial charge in [-0.25, -0.2) is 0 Å². The van der Waals surface area contributed by atoms with E-state index < -0.39 is 0 Å². The Balaban J connectivity index is 2.04. The van der Waals surface area contributed by atoms with Crippen molar-refractivity contribution in [2.24, 2.45) is 11.7 Å². The number of benzene rings is 1. The van der Waals surface area contributed by atoms with Crippen LogP contribution >= 0.6 is 0 Å². The fourth-order valence-corrected chi connectivity index (χ4v) is 2.43. The first-order valence-corrected chi connectivity index (χ1v) is 6.59. The minimum atomic E-state index is -0.388. The number of amidine groups is 1. The van der Waals surface area contributed by atoms with E-state index in [-0.39, 0.29) is 23.7 Å². The van der Waals surface area contributed by atoms with Crippen molar-refractivity contribution in [1.82, 2.24) is 10.6 Å². The van der Waals surface area contributed by atoms with Gasteiger partial charge in [0.2, 0.25) is 0 Å². The molecule has 5 nitrogen and oxygen atoms in total. The van der Waals surface area contributed by atoms with Crippen LogP contribution in [0.5, 0.6) is 0 Å². The van der Waals surface area contributed by atoms with Crippen LogP contribution in [0, 0.1) is 11.3 Å². The van der Waals surface area contributed by atoms with Gasteiger partial charge in [0.15, 0.2) is 0 Å². The number of hydrogen-bond donors (Lipinski definition) is 4.